The van der Waals surface area contributed by atoms with Crippen LogP contribution in [0.1, 0.15) is 22.9 Å². The van der Waals surface area contributed by atoms with Gasteiger partial charge in [-0.1, -0.05) is 18.2 Å². The highest BCUT2D eigenvalue weighted by molar-refractivity contribution is 5.33. The Kier molecular flexibility index (Phi) is 3.24. The molecule has 2 rings (SSSR count). The van der Waals surface area contributed by atoms with Crippen molar-refractivity contribution in [2.75, 3.05) is 7.05 Å². The molecule has 1 N–H and O–H groups in total. The Balaban J connectivity index is 2.48. The van der Waals surface area contributed by atoms with Crippen LogP contribution < -0.4 is 5.32 Å². The van der Waals surface area contributed by atoms with Gasteiger partial charge in [0.1, 0.15) is 5.82 Å². The lowest BCUT2D eigenvalue weighted by molar-refractivity contribution is 0.574. The SMILES string of the molecule is CNC(c1ccccc1F)c1cnn(C)c1C. The van der Waals surface area contributed by atoms with E-state index in [1.54, 1.807) is 23.0 Å². The predicted octanol–water partition coefficient (Wildman–Crippen LogP) is 2.18. The Hall–Kier alpha value is -1.68. The number of benzene rings is 1. The third-order valence-corrected chi connectivity index (χ3v) is 3.09. The molecule has 0 aliphatic heterocycles. The second kappa shape index (κ2) is 4.67. The number of halogens is 1. The van der Waals surface area contributed by atoms with Crippen molar-refractivity contribution < 1.29 is 4.39 Å². The van der Waals surface area contributed by atoms with Crippen LogP contribution in [0, 0.1) is 12.7 Å². The summed E-state index contributed by atoms with van der Waals surface area (Å²) in [7, 11) is 3.70. The Bertz CT molecular complexity index is 519. The van der Waals surface area contributed by atoms with Crippen LogP contribution in [0.2, 0.25) is 0 Å². The van der Waals surface area contributed by atoms with E-state index < -0.39 is 0 Å². The highest BCUT2D eigenvalue weighted by Crippen LogP contribution is 2.25. The summed E-state index contributed by atoms with van der Waals surface area (Å²) < 4.78 is 15.6. The van der Waals surface area contributed by atoms with Crippen molar-refractivity contribution in [3.8, 4) is 0 Å². The molecule has 3 nitrogen and oxygen atoms in total. The van der Waals surface area contributed by atoms with E-state index in [0.29, 0.717) is 5.56 Å². The third kappa shape index (κ3) is 2.08. The molecule has 0 aliphatic carbocycles. The number of aryl methyl sites for hydroxylation is 1. The Labute approximate surface area is 100 Å². The normalized spacial score (nSPS) is 12.7. The fourth-order valence-corrected chi connectivity index (χ4v) is 1.99. The van der Waals surface area contributed by atoms with Gasteiger partial charge in [0.05, 0.1) is 12.2 Å². The molecule has 0 bridgehead atoms. The van der Waals surface area contributed by atoms with Crippen molar-refractivity contribution >= 4 is 0 Å². The molecule has 0 aliphatic rings. The fraction of sp³-hybridized carbons (Fsp3) is 0.308. The Morgan fingerprint density at radius 3 is 2.53 bits per heavy atom. The molecule has 2 aromatic rings. The van der Waals surface area contributed by atoms with Gasteiger partial charge >= 0.3 is 0 Å². The maximum Gasteiger partial charge on any atom is 0.128 e. The van der Waals surface area contributed by atoms with Crippen LogP contribution in [0.5, 0.6) is 0 Å². The van der Waals surface area contributed by atoms with Crippen molar-refractivity contribution in [2.45, 2.75) is 13.0 Å². The molecule has 4 heteroatoms. The highest BCUT2D eigenvalue weighted by Gasteiger charge is 2.19. The molecule has 0 saturated carbocycles. The van der Waals surface area contributed by atoms with E-state index >= 15 is 0 Å². The summed E-state index contributed by atoms with van der Waals surface area (Å²) in [4.78, 5) is 0. The van der Waals surface area contributed by atoms with Gasteiger partial charge in [-0.15, -0.1) is 0 Å². The van der Waals surface area contributed by atoms with Gasteiger partial charge in [0.2, 0.25) is 0 Å². The van der Waals surface area contributed by atoms with Crippen LogP contribution in [0.15, 0.2) is 30.5 Å². The Morgan fingerprint density at radius 2 is 2.00 bits per heavy atom. The van der Waals surface area contributed by atoms with Crippen molar-refractivity contribution in [2.24, 2.45) is 7.05 Å². The molecule has 1 aromatic heterocycles. The highest BCUT2D eigenvalue weighted by atomic mass is 19.1. The topological polar surface area (TPSA) is 29.9 Å². The van der Waals surface area contributed by atoms with Gasteiger partial charge in [-0.3, -0.25) is 4.68 Å². The minimum atomic E-state index is -0.199. The molecule has 17 heavy (non-hydrogen) atoms. The first-order valence-electron chi connectivity index (χ1n) is 5.55. The standard InChI is InChI=1S/C13H16FN3/c1-9-11(8-16-17(9)3)13(15-2)10-6-4-5-7-12(10)14/h4-8,13,15H,1-3H3. The zero-order chi connectivity index (χ0) is 12.4. The van der Waals surface area contributed by atoms with Crippen LogP contribution in [0.25, 0.3) is 0 Å². The average molecular weight is 233 g/mol. The number of hydrogen-bond acceptors (Lipinski definition) is 2. The first-order valence-corrected chi connectivity index (χ1v) is 5.55. The summed E-state index contributed by atoms with van der Waals surface area (Å²) in [6.45, 7) is 1.98. The van der Waals surface area contributed by atoms with E-state index in [1.807, 2.05) is 27.1 Å². The maximum absolute atomic E-state index is 13.8. The molecule has 0 amide bonds. The summed E-state index contributed by atoms with van der Waals surface area (Å²) in [5.74, 6) is -0.199. The molecule has 1 unspecified atom stereocenters. The van der Waals surface area contributed by atoms with E-state index in [2.05, 4.69) is 10.4 Å². The monoisotopic (exact) mass is 233 g/mol. The van der Waals surface area contributed by atoms with Crippen molar-refractivity contribution in [1.82, 2.24) is 15.1 Å². The lowest BCUT2D eigenvalue weighted by atomic mass is 9.99. The fourth-order valence-electron chi connectivity index (χ4n) is 1.99. The molecular weight excluding hydrogens is 217 g/mol. The average Bonchev–Trinajstić information content (AvgIpc) is 2.65. The first-order chi connectivity index (χ1) is 8.15. The molecular formula is C13H16FN3. The molecule has 1 atom stereocenters. The smallest absolute Gasteiger partial charge is 0.128 e. The van der Waals surface area contributed by atoms with Gasteiger partial charge in [0.15, 0.2) is 0 Å². The number of nitrogens with zero attached hydrogens (tertiary/aromatic N) is 2. The van der Waals surface area contributed by atoms with Gasteiger partial charge in [0.25, 0.3) is 0 Å². The molecule has 0 radical (unpaired) electrons. The Morgan fingerprint density at radius 1 is 1.29 bits per heavy atom. The largest absolute Gasteiger partial charge is 0.309 e. The van der Waals surface area contributed by atoms with Crippen LogP contribution >= 0.6 is 0 Å². The van der Waals surface area contributed by atoms with Crippen LogP contribution in [0.4, 0.5) is 4.39 Å². The van der Waals surface area contributed by atoms with E-state index in [0.717, 1.165) is 11.3 Å². The minimum absolute atomic E-state index is 0.162. The molecule has 0 fully saturated rings. The van der Waals surface area contributed by atoms with E-state index in [9.17, 15) is 4.39 Å². The quantitative estimate of drug-likeness (QED) is 0.880. The summed E-state index contributed by atoms with van der Waals surface area (Å²) in [5.41, 5.74) is 2.68. The number of hydrogen-bond donors (Lipinski definition) is 1. The summed E-state index contributed by atoms with van der Waals surface area (Å²) in [6, 6.07) is 6.65. The minimum Gasteiger partial charge on any atom is -0.309 e. The van der Waals surface area contributed by atoms with E-state index in [1.165, 1.54) is 6.07 Å². The van der Waals surface area contributed by atoms with Gasteiger partial charge < -0.3 is 5.32 Å². The van der Waals surface area contributed by atoms with Crippen LogP contribution in [-0.2, 0) is 7.05 Å². The van der Waals surface area contributed by atoms with Gasteiger partial charge in [-0.25, -0.2) is 4.39 Å². The second-order valence-corrected chi connectivity index (χ2v) is 4.05. The third-order valence-electron chi connectivity index (χ3n) is 3.09. The molecule has 1 aromatic carbocycles. The van der Waals surface area contributed by atoms with E-state index in [-0.39, 0.29) is 11.9 Å². The lowest BCUT2D eigenvalue weighted by Crippen LogP contribution is -2.19. The van der Waals surface area contributed by atoms with Gasteiger partial charge in [-0.2, -0.15) is 5.10 Å². The first kappa shape index (κ1) is 11.8. The van der Waals surface area contributed by atoms with Gasteiger partial charge in [0, 0.05) is 23.9 Å². The number of nitrogens with one attached hydrogen (secondary N) is 1. The second-order valence-electron chi connectivity index (χ2n) is 4.05. The number of rotatable bonds is 3. The lowest BCUT2D eigenvalue weighted by Gasteiger charge is -2.17. The predicted molar refractivity (Wildman–Crippen MR) is 65.2 cm³/mol. The molecule has 1 heterocycles. The zero-order valence-corrected chi connectivity index (χ0v) is 10.2. The molecule has 0 saturated heterocycles. The summed E-state index contributed by atoms with van der Waals surface area (Å²) in [6.07, 6.45) is 1.78. The maximum atomic E-state index is 13.8. The van der Waals surface area contributed by atoms with Gasteiger partial charge in [-0.05, 0) is 20.0 Å². The number of aromatic nitrogens is 2. The van der Waals surface area contributed by atoms with E-state index in [4.69, 9.17) is 0 Å². The molecule has 0 spiro atoms. The van der Waals surface area contributed by atoms with Crippen molar-refractivity contribution in [3.63, 3.8) is 0 Å². The zero-order valence-electron chi connectivity index (χ0n) is 10.2. The summed E-state index contributed by atoms with van der Waals surface area (Å²) >= 11 is 0. The van der Waals surface area contributed by atoms with Crippen molar-refractivity contribution in [3.05, 3.63) is 53.1 Å². The van der Waals surface area contributed by atoms with Crippen LogP contribution in [0.3, 0.4) is 0 Å². The van der Waals surface area contributed by atoms with Crippen molar-refractivity contribution in [1.29, 1.82) is 0 Å². The van der Waals surface area contributed by atoms with Crippen LogP contribution in [-0.4, -0.2) is 16.8 Å². The summed E-state index contributed by atoms with van der Waals surface area (Å²) in [5, 5.41) is 7.33. The molecule has 90 valence electrons.